The molecule has 3 aliphatic rings. The van der Waals surface area contributed by atoms with Crippen molar-refractivity contribution in [2.75, 3.05) is 19.6 Å². The molecule has 2 saturated heterocycles. The quantitative estimate of drug-likeness (QED) is 0.764. The highest BCUT2D eigenvalue weighted by Crippen LogP contribution is 2.39. The minimum absolute atomic E-state index is 0. The lowest BCUT2D eigenvalue weighted by atomic mass is 9.73. The number of nitrogens with zero attached hydrogens (tertiary/aromatic N) is 1. The molecule has 0 aromatic heterocycles. The molecule has 2 amide bonds. The average molecular weight is 330 g/mol. The molecule has 2 heterocycles. The van der Waals surface area contributed by atoms with Gasteiger partial charge in [0, 0.05) is 31.6 Å². The van der Waals surface area contributed by atoms with Crippen LogP contribution in [0.2, 0.25) is 0 Å². The van der Waals surface area contributed by atoms with Crippen LogP contribution < -0.4 is 11.1 Å². The van der Waals surface area contributed by atoms with Crippen LogP contribution in [0.25, 0.3) is 0 Å². The Kier molecular flexibility index (Phi) is 5.07. The summed E-state index contributed by atoms with van der Waals surface area (Å²) in [5.41, 5.74) is 6.11. The molecule has 0 bridgehead atoms. The van der Waals surface area contributed by atoms with Crippen molar-refractivity contribution in [1.82, 2.24) is 10.2 Å². The predicted octanol–water partition coefficient (Wildman–Crippen LogP) is 1.44. The Morgan fingerprint density at radius 3 is 2.50 bits per heavy atom. The van der Waals surface area contributed by atoms with Gasteiger partial charge < -0.3 is 16.0 Å². The van der Waals surface area contributed by atoms with E-state index in [2.05, 4.69) is 5.32 Å². The third-order valence-corrected chi connectivity index (χ3v) is 5.88. The van der Waals surface area contributed by atoms with E-state index in [0.29, 0.717) is 6.42 Å². The molecule has 22 heavy (non-hydrogen) atoms. The molecule has 1 saturated carbocycles. The number of hydrogen-bond acceptors (Lipinski definition) is 3. The summed E-state index contributed by atoms with van der Waals surface area (Å²) in [5.74, 6) is 0.382. The smallest absolute Gasteiger partial charge is 0.227 e. The first-order chi connectivity index (χ1) is 9.92. The van der Waals surface area contributed by atoms with Crippen LogP contribution >= 0.6 is 12.4 Å². The van der Waals surface area contributed by atoms with Gasteiger partial charge >= 0.3 is 0 Å². The maximum atomic E-state index is 12.8. The maximum Gasteiger partial charge on any atom is 0.227 e. The number of carbonyl (C=O) groups is 2. The fourth-order valence-electron chi connectivity index (χ4n) is 4.29. The summed E-state index contributed by atoms with van der Waals surface area (Å²) in [5, 5.41) is 2.94. The van der Waals surface area contributed by atoms with E-state index in [0.717, 1.165) is 58.2 Å². The van der Waals surface area contributed by atoms with Crippen LogP contribution in [0.15, 0.2) is 0 Å². The number of carbonyl (C=O) groups excluding carboxylic acids is 2. The molecule has 1 spiro atoms. The van der Waals surface area contributed by atoms with Gasteiger partial charge in [0.1, 0.15) is 0 Å². The Bertz CT molecular complexity index is 445. The molecular weight excluding hydrogens is 302 g/mol. The summed E-state index contributed by atoms with van der Waals surface area (Å²) in [4.78, 5) is 26.3. The molecule has 3 rings (SSSR count). The van der Waals surface area contributed by atoms with E-state index in [1.165, 1.54) is 0 Å². The van der Waals surface area contributed by atoms with Gasteiger partial charge in [0.15, 0.2) is 0 Å². The topological polar surface area (TPSA) is 75.4 Å². The lowest BCUT2D eigenvalue weighted by molar-refractivity contribution is -0.141. The second-order valence-electron chi connectivity index (χ2n) is 7.58. The Morgan fingerprint density at radius 2 is 1.95 bits per heavy atom. The summed E-state index contributed by atoms with van der Waals surface area (Å²) in [6.07, 6.45) is 6.62. The minimum atomic E-state index is -0.352. The molecule has 3 N–H and O–H groups in total. The summed E-state index contributed by atoms with van der Waals surface area (Å²) in [7, 11) is 0. The van der Waals surface area contributed by atoms with Crippen LogP contribution in [0.4, 0.5) is 0 Å². The summed E-state index contributed by atoms with van der Waals surface area (Å²) < 4.78 is 0. The van der Waals surface area contributed by atoms with Crippen molar-refractivity contribution in [3.8, 4) is 0 Å². The molecule has 2 unspecified atom stereocenters. The van der Waals surface area contributed by atoms with Gasteiger partial charge in [0.25, 0.3) is 0 Å². The minimum Gasteiger partial charge on any atom is -0.356 e. The molecular formula is C16H28ClN3O2. The van der Waals surface area contributed by atoms with Crippen molar-refractivity contribution in [2.45, 2.75) is 57.4 Å². The van der Waals surface area contributed by atoms with Gasteiger partial charge in [-0.3, -0.25) is 9.59 Å². The number of hydrogen-bond donors (Lipinski definition) is 2. The zero-order chi connectivity index (χ0) is 15.1. The fraction of sp³-hybridized carbons (Fsp3) is 0.875. The molecule has 0 aromatic rings. The van der Waals surface area contributed by atoms with E-state index in [1.807, 2.05) is 11.8 Å². The summed E-state index contributed by atoms with van der Waals surface area (Å²) in [6.45, 7) is 4.37. The third-order valence-electron chi connectivity index (χ3n) is 5.88. The lowest BCUT2D eigenvalue weighted by Crippen LogP contribution is -2.55. The van der Waals surface area contributed by atoms with E-state index >= 15 is 0 Å². The first kappa shape index (κ1) is 17.5. The van der Waals surface area contributed by atoms with Crippen LogP contribution in [0.5, 0.6) is 0 Å². The van der Waals surface area contributed by atoms with Gasteiger partial charge in [-0.15, -0.1) is 12.4 Å². The first-order valence-corrected chi connectivity index (χ1v) is 8.26. The highest BCUT2D eigenvalue weighted by Gasteiger charge is 2.44. The molecule has 5 nitrogen and oxygen atoms in total. The van der Waals surface area contributed by atoms with E-state index < -0.39 is 0 Å². The van der Waals surface area contributed by atoms with Crippen molar-refractivity contribution in [3.05, 3.63) is 0 Å². The number of rotatable bonds is 1. The van der Waals surface area contributed by atoms with Crippen molar-refractivity contribution < 1.29 is 9.59 Å². The highest BCUT2D eigenvalue weighted by molar-refractivity contribution is 5.85. The molecule has 2 atom stereocenters. The van der Waals surface area contributed by atoms with E-state index in [4.69, 9.17) is 5.73 Å². The van der Waals surface area contributed by atoms with Gasteiger partial charge in [-0.2, -0.15) is 0 Å². The SMILES string of the molecule is CC1(N)CCCCC1C(=O)N1CCC2(CC1)CNC(=O)C2.Cl. The average Bonchev–Trinajstić information content (AvgIpc) is 2.79. The summed E-state index contributed by atoms with van der Waals surface area (Å²) >= 11 is 0. The largest absolute Gasteiger partial charge is 0.356 e. The number of nitrogens with two attached hydrogens (primary N) is 1. The van der Waals surface area contributed by atoms with E-state index in [1.54, 1.807) is 0 Å². The third kappa shape index (κ3) is 3.25. The van der Waals surface area contributed by atoms with Crippen LogP contribution in [0.3, 0.4) is 0 Å². The summed E-state index contributed by atoms with van der Waals surface area (Å²) in [6, 6.07) is 0. The van der Waals surface area contributed by atoms with E-state index in [-0.39, 0.29) is 41.1 Å². The van der Waals surface area contributed by atoms with Crippen LogP contribution in [-0.2, 0) is 9.59 Å². The number of likely N-dealkylation sites (tertiary alicyclic amines) is 1. The molecule has 2 aliphatic heterocycles. The van der Waals surface area contributed by atoms with Crippen molar-refractivity contribution in [1.29, 1.82) is 0 Å². The van der Waals surface area contributed by atoms with Crippen LogP contribution in [0.1, 0.15) is 51.9 Å². The molecule has 0 radical (unpaired) electrons. The van der Waals surface area contributed by atoms with Gasteiger partial charge in [-0.25, -0.2) is 0 Å². The van der Waals surface area contributed by atoms with Gasteiger partial charge in [-0.05, 0) is 38.0 Å². The molecule has 1 aliphatic carbocycles. The maximum absolute atomic E-state index is 12.8. The molecule has 126 valence electrons. The molecule has 0 aromatic carbocycles. The second kappa shape index (κ2) is 6.36. The Morgan fingerprint density at radius 1 is 1.27 bits per heavy atom. The zero-order valence-corrected chi connectivity index (χ0v) is 14.2. The van der Waals surface area contributed by atoms with Crippen molar-refractivity contribution >= 4 is 24.2 Å². The van der Waals surface area contributed by atoms with Gasteiger partial charge in [-0.1, -0.05) is 12.8 Å². The van der Waals surface area contributed by atoms with Gasteiger partial charge in [0.2, 0.25) is 11.8 Å². The monoisotopic (exact) mass is 329 g/mol. The Hall–Kier alpha value is -0.810. The second-order valence-corrected chi connectivity index (χ2v) is 7.58. The molecule has 3 fully saturated rings. The van der Waals surface area contributed by atoms with E-state index in [9.17, 15) is 9.59 Å². The Balaban J connectivity index is 0.00000176. The number of nitrogens with one attached hydrogen (secondary N) is 1. The Labute approximate surface area is 138 Å². The molecule has 6 heteroatoms. The standard InChI is InChI=1S/C16H27N3O2.ClH/c1-15(17)5-3-2-4-12(15)14(21)19-8-6-16(7-9-19)10-13(20)18-11-16;/h12H,2-11,17H2,1H3,(H,18,20);1H. The number of halogens is 1. The fourth-order valence-corrected chi connectivity index (χ4v) is 4.29. The van der Waals surface area contributed by atoms with Crippen molar-refractivity contribution in [3.63, 3.8) is 0 Å². The predicted molar refractivity (Wildman–Crippen MR) is 87.7 cm³/mol. The highest BCUT2D eigenvalue weighted by atomic mass is 35.5. The van der Waals surface area contributed by atoms with Crippen molar-refractivity contribution in [2.24, 2.45) is 17.1 Å². The van der Waals surface area contributed by atoms with Gasteiger partial charge in [0.05, 0.1) is 5.92 Å². The zero-order valence-electron chi connectivity index (χ0n) is 13.4. The van der Waals surface area contributed by atoms with Crippen LogP contribution in [0, 0.1) is 11.3 Å². The number of piperidine rings is 1. The number of amides is 2. The normalized spacial score (nSPS) is 34.2. The first-order valence-electron chi connectivity index (χ1n) is 8.26. The lowest BCUT2D eigenvalue weighted by Gasteiger charge is -2.43. The van der Waals surface area contributed by atoms with Crippen LogP contribution in [-0.4, -0.2) is 41.9 Å².